The smallest absolute Gasteiger partial charge is 0.236 e. The molecule has 0 spiro atoms. The van der Waals surface area contributed by atoms with E-state index in [-0.39, 0.29) is 22.3 Å². The van der Waals surface area contributed by atoms with Gasteiger partial charge in [0.05, 0.1) is 25.2 Å². The highest BCUT2D eigenvalue weighted by Crippen LogP contribution is 2.46. The number of hydrogen-bond donors (Lipinski definition) is 0. The van der Waals surface area contributed by atoms with Gasteiger partial charge in [0.2, 0.25) is 15.9 Å². The molecule has 1 aromatic carbocycles. The Morgan fingerprint density at radius 1 is 1.10 bits per heavy atom. The summed E-state index contributed by atoms with van der Waals surface area (Å²) in [5.74, 6) is 1.78. The molecule has 0 radical (unpaired) electrons. The van der Waals surface area contributed by atoms with E-state index in [2.05, 4.69) is 4.90 Å². The highest BCUT2D eigenvalue weighted by atomic mass is 32.2. The molecule has 0 aliphatic carbocycles. The number of carbonyl (C=O) groups is 1. The van der Waals surface area contributed by atoms with E-state index in [0.717, 1.165) is 17.1 Å². The van der Waals surface area contributed by atoms with Crippen LogP contribution in [0.3, 0.4) is 0 Å². The molecule has 0 N–H and O–H groups in total. The fourth-order valence-electron chi connectivity index (χ4n) is 4.04. The summed E-state index contributed by atoms with van der Waals surface area (Å²) in [5, 5.41) is -0.268. The lowest BCUT2D eigenvalue weighted by atomic mass is 10.1. The van der Waals surface area contributed by atoms with Gasteiger partial charge in [0, 0.05) is 44.8 Å². The van der Waals surface area contributed by atoms with Crippen molar-refractivity contribution in [1.29, 1.82) is 0 Å². The number of piperazine rings is 1. The van der Waals surface area contributed by atoms with E-state index >= 15 is 0 Å². The minimum Gasteiger partial charge on any atom is -0.497 e. The van der Waals surface area contributed by atoms with Crippen LogP contribution in [0, 0.1) is 0 Å². The maximum Gasteiger partial charge on any atom is 0.236 e. The number of carbonyl (C=O) groups excluding carboxylic acids is 1. The Kier molecular flexibility index (Phi) is 8.12. The van der Waals surface area contributed by atoms with Crippen LogP contribution in [-0.4, -0.2) is 92.9 Å². The molecular formula is C21H33N3O5S2. The number of methoxy groups -OCH3 is 2. The SMILES string of the molecule is CCCS(=O)(=O)N1CCN(CCN2C(=O)C(C)SC2c2cc(OC)ccc2OC)CC1. The standard InChI is InChI=1S/C21H33N3O5S2/c1-5-14-31(26,27)23-11-8-22(9-12-23)10-13-24-20(25)16(2)30-21(24)18-15-17(28-3)6-7-19(18)29-4/h6-7,15-16,21H,5,8-14H2,1-4H3. The summed E-state index contributed by atoms with van der Waals surface area (Å²) in [5.41, 5.74) is 0.931. The number of amides is 1. The van der Waals surface area contributed by atoms with Gasteiger partial charge in [-0.3, -0.25) is 9.69 Å². The van der Waals surface area contributed by atoms with Gasteiger partial charge in [-0.25, -0.2) is 8.42 Å². The maximum atomic E-state index is 12.9. The summed E-state index contributed by atoms with van der Waals surface area (Å²) < 4.78 is 37.1. The molecule has 1 aromatic rings. The van der Waals surface area contributed by atoms with E-state index in [4.69, 9.17) is 9.47 Å². The van der Waals surface area contributed by atoms with Gasteiger partial charge in [-0.2, -0.15) is 4.31 Å². The van der Waals surface area contributed by atoms with E-state index in [0.29, 0.717) is 45.7 Å². The van der Waals surface area contributed by atoms with Crippen molar-refractivity contribution in [3.8, 4) is 11.5 Å². The molecule has 0 aromatic heterocycles. The zero-order valence-corrected chi connectivity index (χ0v) is 20.4. The zero-order valence-electron chi connectivity index (χ0n) is 18.7. The molecule has 2 saturated heterocycles. The molecule has 174 valence electrons. The van der Waals surface area contributed by atoms with Gasteiger partial charge in [0.25, 0.3) is 0 Å². The number of nitrogens with zero attached hydrogens (tertiary/aromatic N) is 3. The second-order valence-electron chi connectivity index (χ2n) is 7.83. The predicted molar refractivity (Wildman–Crippen MR) is 123 cm³/mol. The summed E-state index contributed by atoms with van der Waals surface area (Å²) in [6, 6.07) is 5.66. The van der Waals surface area contributed by atoms with Crippen LogP contribution in [0.4, 0.5) is 0 Å². The van der Waals surface area contributed by atoms with Crippen molar-refractivity contribution in [2.75, 3.05) is 59.2 Å². The molecule has 2 unspecified atom stereocenters. The molecule has 10 heteroatoms. The lowest BCUT2D eigenvalue weighted by molar-refractivity contribution is -0.130. The second-order valence-corrected chi connectivity index (χ2v) is 11.3. The van der Waals surface area contributed by atoms with Gasteiger partial charge < -0.3 is 14.4 Å². The fourth-order valence-corrected chi connectivity index (χ4v) is 6.86. The van der Waals surface area contributed by atoms with Gasteiger partial charge in [0.15, 0.2) is 0 Å². The van der Waals surface area contributed by atoms with Crippen molar-refractivity contribution in [3.05, 3.63) is 23.8 Å². The Bertz CT molecular complexity index is 872. The lowest BCUT2D eigenvalue weighted by Gasteiger charge is -2.35. The van der Waals surface area contributed by atoms with E-state index in [9.17, 15) is 13.2 Å². The number of sulfonamides is 1. The first kappa shape index (κ1) is 24.2. The molecule has 3 rings (SSSR count). The molecule has 2 fully saturated rings. The lowest BCUT2D eigenvalue weighted by Crippen LogP contribution is -2.51. The Hall–Kier alpha value is -1.49. The third-order valence-corrected chi connectivity index (χ3v) is 9.25. The maximum absolute atomic E-state index is 12.9. The molecule has 31 heavy (non-hydrogen) atoms. The van der Waals surface area contributed by atoms with Crippen molar-refractivity contribution < 1.29 is 22.7 Å². The van der Waals surface area contributed by atoms with Gasteiger partial charge in [-0.15, -0.1) is 11.8 Å². The number of benzene rings is 1. The number of rotatable bonds is 9. The predicted octanol–water partition coefficient (Wildman–Crippen LogP) is 2.02. The molecule has 2 atom stereocenters. The van der Waals surface area contributed by atoms with E-state index in [1.165, 1.54) is 0 Å². The Balaban J connectivity index is 1.66. The summed E-state index contributed by atoms with van der Waals surface area (Å²) in [6.07, 6.45) is 0.630. The number of ether oxygens (including phenoxy) is 2. The quantitative estimate of drug-likeness (QED) is 0.545. The zero-order chi connectivity index (χ0) is 22.6. The highest BCUT2D eigenvalue weighted by molar-refractivity contribution is 8.01. The fraction of sp³-hybridized carbons (Fsp3) is 0.667. The van der Waals surface area contributed by atoms with Gasteiger partial charge in [-0.1, -0.05) is 6.92 Å². The van der Waals surface area contributed by atoms with Crippen molar-refractivity contribution in [3.63, 3.8) is 0 Å². The number of hydrogen-bond acceptors (Lipinski definition) is 7. The van der Waals surface area contributed by atoms with Crippen LogP contribution in [0.25, 0.3) is 0 Å². The first-order valence-electron chi connectivity index (χ1n) is 10.7. The third kappa shape index (κ3) is 5.47. The molecule has 2 heterocycles. The Morgan fingerprint density at radius 2 is 1.81 bits per heavy atom. The molecule has 0 saturated carbocycles. The summed E-state index contributed by atoms with van der Waals surface area (Å²) >= 11 is 1.61. The van der Waals surface area contributed by atoms with E-state index in [1.54, 1.807) is 30.3 Å². The minimum absolute atomic E-state index is 0.115. The van der Waals surface area contributed by atoms with Crippen LogP contribution in [0.5, 0.6) is 11.5 Å². The third-order valence-electron chi connectivity index (χ3n) is 5.79. The minimum atomic E-state index is -3.15. The van der Waals surface area contributed by atoms with E-state index in [1.807, 2.05) is 36.9 Å². The summed E-state index contributed by atoms with van der Waals surface area (Å²) in [6.45, 7) is 7.49. The van der Waals surface area contributed by atoms with Crippen molar-refractivity contribution in [2.24, 2.45) is 0 Å². The molecule has 2 aliphatic heterocycles. The van der Waals surface area contributed by atoms with Crippen molar-refractivity contribution in [1.82, 2.24) is 14.1 Å². The van der Waals surface area contributed by atoms with Gasteiger partial charge in [0.1, 0.15) is 16.9 Å². The number of thioether (sulfide) groups is 1. The van der Waals surface area contributed by atoms with Crippen LogP contribution in [0.15, 0.2) is 18.2 Å². The topological polar surface area (TPSA) is 79.4 Å². The highest BCUT2D eigenvalue weighted by Gasteiger charge is 2.40. The van der Waals surface area contributed by atoms with Crippen LogP contribution >= 0.6 is 11.8 Å². The van der Waals surface area contributed by atoms with Gasteiger partial charge in [-0.05, 0) is 31.5 Å². The van der Waals surface area contributed by atoms with E-state index < -0.39 is 10.0 Å². The normalized spacial score (nSPS) is 23.4. The molecule has 1 amide bonds. The second kappa shape index (κ2) is 10.4. The monoisotopic (exact) mass is 471 g/mol. The van der Waals surface area contributed by atoms with Crippen LogP contribution in [-0.2, 0) is 14.8 Å². The average Bonchev–Trinajstić information content (AvgIpc) is 3.05. The first-order valence-corrected chi connectivity index (χ1v) is 13.2. The van der Waals surface area contributed by atoms with Crippen molar-refractivity contribution >= 4 is 27.7 Å². The van der Waals surface area contributed by atoms with Crippen LogP contribution < -0.4 is 9.47 Å². The van der Waals surface area contributed by atoms with Crippen LogP contribution in [0.1, 0.15) is 31.2 Å². The Morgan fingerprint density at radius 3 is 2.42 bits per heavy atom. The molecule has 0 bridgehead atoms. The summed E-state index contributed by atoms with van der Waals surface area (Å²) in [4.78, 5) is 17.0. The first-order chi connectivity index (χ1) is 14.8. The average molecular weight is 472 g/mol. The molecule has 8 nitrogen and oxygen atoms in total. The summed E-state index contributed by atoms with van der Waals surface area (Å²) in [7, 11) is 0.106. The van der Waals surface area contributed by atoms with Gasteiger partial charge >= 0.3 is 0 Å². The van der Waals surface area contributed by atoms with Crippen molar-refractivity contribution in [2.45, 2.75) is 30.9 Å². The Labute approximate surface area is 189 Å². The molecule has 2 aliphatic rings. The van der Waals surface area contributed by atoms with Crippen LogP contribution in [0.2, 0.25) is 0 Å². The largest absolute Gasteiger partial charge is 0.497 e. The molecular weight excluding hydrogens is 438 g/mol.